The number of hydrogen-bond acceptors (Lipinski definition) is 4. The van der Waals surface area contributed by atoms with Crippen LogP contribution in [-0.4, -0.2) is 28.5 Å². The maximum Gasteiger partial charge on any atom is 0.291 e. The number of nitrogens with one attached hydrogen (secondary N) is 1. The van der Waals surface area contributed by atoms with Gasteiger partial charge in [-0.1, -0.05) is 43.5 Å². The largest absolute Gasteiger partial charge is 0.494 e. The molecule has 0 radical (unpaired) electrons. The number of rotatable bonds is 10. The minimum absolute atomic E-state index is 0.303. The summed E-state index contributed by atoms with van der Waals surface area (Å²) in [5.74, 6) is 0.468. The second-order valence-corrected chi connectivity index (χ2v) is 7.29. The standard InChI is InChI=1S/C23H25ClN4O2/c1-2-3-4-15-30-21-11-7-18(8-12-21)16-25-26-23(29)22-13-14-28(27-22)17-19-5-9-20(24)10-6-19/h5-14,16H,2-4,15,17H2,1H3,(H,26,29). The predicted octanol–water partition coefficient (Wildman–Crippen LogP) is 4.92. The summed E-state index contributed by atoms with van der Waals surface area (Å²) in [5.41, 5.74) is 4.72. The highest BCUT2D eigenvalue weighted by Crippen LogP contribution is 2.12. The van der Waals surface area contributed by atoms with Gasteiger partial charge in [0, 0.05) is 11.2 Å². The molecule has 0 atom stereocenters. The molecule has 2 aromatic carbocycles. The first kappa shape index (κ1) is 21.6. The maximum atomic E-state index is 12.2. The fourth-order valence-electron chi connectivity index (χ4n) is 2.76. The van der Waals surface area contributed by atoms with Crippen LogP contribution in [0.25, 0.3) is 0 Å². The molecule has 0 aliphatic rings. The molecule has 7 heteroatoms. The van der Waals surface area contributed by atoms with Gasteiger partial charge in [-0.05, 0) is 60.0 Å². The smallest absolute Gasteiger partial charge is 0.291 e. The first-order valence-electron chi connectivity index (χ1n) is 9.98. The van der Waals surface area contributed by atoms with Gasteiger partial charge >= 0.3 is 0 Å². The fraction of sp³-hybridized carbons (Fsp3) is 0.261. The Morgan fingerprint density at radius 2 is 1.90 bits per heavy atom. The van der Waals surface area contributed by atoms with Crippen molar-refractivity contribution in [3.05, 3.63) is 82.6 Å². The lowest BCUT2D eigenvalue weighted by Crippen LogP contribution is -2.18. The second kappa shape index (κ2) is 11.2. The van der Waals surface area contributed by atoms with E-state index in [2.05, 4.69) is 22.5 Å². The first-order valence-corrected chi connectivity index (χ1v) is 10.4. The summed E-state index contributed by atoms with van der Waals surface area (Å²) < 4.78 is 7.38. The van der Waals surface area contributed by atoms with Gasteiger partial charge in [0.1, 0.15) is 5.75 Å². The molecule has 156 valence electrons. The van der Waals surface area contributed by atoms with E-state index in [4.69, 9.17) is 16.3 Å². The maximum absolute atomic E-state index is 12.2. The number of benzene rings is 2. The summed E-state index contributed by atoms with van der Waals surface area (Å²) >= 11 is 5.90. The number of nitrogens with zero attached hydrogens (tertiary/aromatic N) is 3. The van der Waals surface area contributed by atoms with Crippen LogP contribution in [0.1, 0.15) is 47.8 Å². The molecule has 0 saturated carbocycles. The van der Waals surface area contributed by atoms with Crippen molar-refractivity contribution in [2.24, 2.45) is 5.10 Å². The van der Waals surface area contributed by atoms with Crippen molar-refractivity contribution in [3.8, 4) is 5.75 Å². The van der Waals surface area contributed by atoms with Gasteiger partial charge in [-0.25, -0.2) is 5.43 Å². The van der Waals surface area contributed by atoms with Gasteiger partial charge < -0.3 is 4.74 Å². The van der Waals surface area contributed by atoms with Crippen molar-refractivity contribution in [3.63, 3.8) is 0 Å². The number of unbranched alkanes of at least 4 members (excludes halogenated alkanes) is 2. The van der Waals surface area contributed by atoms with Crippen LogP contribution in [0, 0.1) is 0 Å². The molecule has 30 heavy (non-hydrogen) atoms. The topological polar surface area (TPSA) is 68.5 Å². The molecule has 0 spiro atoms. The number of hydrogen-bond donors (Lipinski definition) is 1. The van der Waals surface area contributed by atoms with Crippen LogP contribution in [0.15, 0.2) is 65.9 Å². The van der Waals surface area contributed by atoms with Gasteiger partial charge in [0.2, 0.25) is 0 Å². The summed E-state index contributed by atoms with van der Waals surface area (Å²) in [6, 6.07) is 16.7. The quantitative estimate of drug-likeness (QED) is 0.285. The van der Waals surface area contributed by atoms with Crippen LogP contribution in [-0.2, 0) is 6.54 Å². The van der Waals surface area contributed by atoms with E-state index in [1.807, 2.05) is 48.5 Å². The van der Waals surface area contributed by atoms with E-state index in [0.29, 0.717) is 17.3 Å². The van der Waals surface area contributed by atoms with E-state index in [1.165, 1.54) is 12.8 Å². The molecule has 0 aliphatic heterocycles. The van der Waals surface area contributed by atoms with Crippen molar-refractivity contribution in [1.29, 1.82) is 0 Å². The highest BCUT2D eigenvalue weighted by molar-refractivity contribution is 6.30. The molecule has 6 nitrogen and oxygen atoms in total. The molecular formula is C23H25ClN4O2. The Kier molecular flexibility index (Phi) is 8.03. The zero-order valence-corrected chi connectivity index (χ0v) is 17.7. The summed E-state index contributed by atoms with van der Waals surface area (Å²) in [7, 11) is 0. The summed E-state index contributed by atoms with van der Waals surface area (Å²) in [6.07, 6.45) is 6.74. The molecule has 0 unspecified atom stereocenters. The lowest BCUT2D eigenvalue weighted by atomic mass is 10.2. The van der Waals surface area contributed by atoms with Crippen molar-refractivity contribution < 1.29 is 9.53 Å². The Morgan fingerprint density at radius 3 is 2.63 bits per heavy atom. The van der Waals surface area contributed by atoms with E-state index < -0.39 is 0 Å². The second-order valence-electron chi connectivity index (χ2n) is 6.85. The average Bonchev–Trinajstić information content (AvgIpc) is 3.22. The molecular weight excluding hydrogens is 400 g/mol. The highest BCUT2D eigenvalue weighted by atomic mass is 35.5. The van der Waals surface area contributed by atoms with E-state index in [0.717, 1.165) is 29.9 Å². The average molecular weight is 425 g/mol. The Balaban J connectivity index is 1.47. The molecule has 1 aromatic heterocycles. The van der Waals surface area contributed by atoms with Crippen LogP contribution in [0.3, 0.4) is 0 Å². The van der Waals surface area contributed by atoms with Gasteiger partial charge in [0.05, 0.1) is 19.4 Å². The summed E-state index contributed by atoms with van der Waals surface area (Å²) in [5, 5.41) is 8.98. The third-order valence-electron chi connectivity index (χ3n) is 4.41. The third kappa shape index (κ3) is 6.74. The van der Waals surface area contributed by atoms with Crippen LogP contribution in [0.4, 0.5) is 0 Å². The molecule has 0 aliphatic carbocycles. The SMILES string of the molecule is CCCCCOc1ccc(C=NNC(=O)c2ccn(Cc3ccc(Cl)cc3)n2)cc1. The van der Waals surface area contributed by atoms with E-state index in [9.17, 15) is 4.79 Å². The van der Waals surface area contributed by atoms with Gasteiger partial charge in [-0.3, -0.25) is 9.48 Å². The number of hydrazone groups is 1. The molecule has 1 amide bonds. The summed E-state index contributed by atoms with van der Waals surface area (Å²) in [6.45, 7) is 3.45. The molecule has 0 bridgehead atoms. The molecule has 3 aromatic rings. The molecule has 1 N–H and O–H groups in total. The van der Waals surface area contributed by atoms with Gasteiger partial charge in [0.25, 0.3) is 5.91 Å². The Bertz CT molecular complexity index is 966. The van der Waals surface area contributed by atoms with Crippen LogP contribution in [0.2, 0.25) is 5.02 Å². The van der Waals surface area contributed by atoms with Crippen LogP contribution in [0.5, 0.6) is 5.75 Å². The molecule has 0 saturated heterocycles. The van der Waals surface area contributed by atoms with Gasteiger partial charge in [-0.15, -0.1) is 0 Å². The normalized spacial score (nSPS) is 11.0. The number of carbonyl (C=O) groups is 1. The van der Waals surface area contributed by atoms with E-state index in [1.54, 1.807) is 23.2 Å². The number of aromatic nitrogens is 2. The zero-order valence-electron chi connectivity index (χ0n) is 16.9. The van der Waals surface area contributed by atoms with Crippen LogP contribution < -0.4 is 10.2 Å². The Morgan fingerprint density at radius 1 is 1.13 bits per heavy atom. The fourth-order valence-corrected chi connectivity index (χ4v) is 2.89. The van der Waals surface area contributed by atoms with Gasteiger partial charge in [-0.2, -0.15) is 10.2 Å². The zero-order chi connectivity index (χ0) is 21.2. The van der Waals surface area contributed by atoms with E-state index in [-0.39, 0.29) is 5.91 Å². The van der Waals surface area contributed by atoms with Crippen molar-refractivity contribution in [2.75, 3.05) is 6.61 Å². The minimum Gasteiger partial charge on any atom is -0.494 e. The summed E-state index contributed by atoms with van der Waals surface area (Å²) in [4.78, 5) is 12.2. The van der Waals surface area contributed by atoms with Crippen molar-refractivity contribution in [1.82, 2.24) is 15.2 Å². The third-order valence-corrected chi connectivity index (χ3v) is 4.66. The van der Waals surface area contributed by atoms with Gasteiger partial charge in [0.15, 0.2) is 5.69 Å². The number of halogens is 1. The first-order chi connectivity index (χ1) is 14.6. The lowest BCUT2D eigenvalue weighted by molar-refractivity contribution is 0.0949. The Labute approximate surface area is 181 Å². The molecule has 3 rings (SSSR count). The van der Waals surface area contributed by atoms with Crippen LogP contribution >= 0.6 is 11.6 Å². The number of ether oxygens (including phenoxy) is 1. The monoisotopic (exact) mass is 424 g/mol. The van der Waals surface area contributed by atoms with E-state index >= 15 is 0 Å². The molecule has 0 fully saturated rings. The predicted molar refractivity (Wildman–Crippen MR) is 119 cm³/mol. The molecule has 1 heterocycles. The minimum atomic E-state index is -0.364. The Hall–Kier alpha value is -3.12. The number of carbonyl (C=O) groups excluding carboxylic acids is 1. The van der Waals surface area contributed by atoms with Crippen molar-refractivity contribution >= 4 is 23.7 Å². The van der Waals surface area contributed by atoms with Crippen molar-refractivity contribution in [2.45, 2.75) is 32.7 Å². The number of amides is 1. The highest BCUT2D eigenvalue weighted by Gasteiger charge is 2.08. The lowest BCUT2D eigenvalue weighted by Gasteiger charge is -2.05.